The first-order chi connectivity index (χ1) is 9.67. The van der Waals surface area contributed by atoms with Gasteiger partial charge in [0.15, 0.2) is 0 Å². The van der Waals surface area contributed by atoms with Gasteiger partial charge in [0, 0.05) is 9.26 Å². The zero-order valence-electron chi connectivity index (χ0n) is 12.3. The molecule has 2 N–H and O–H groups in total. The molecule has 1 aromatic rings. The van der Waals surface area contributed by atoms with Gasteiger partial charge in [-0.05, 0) is 86.2 Å². The summed E-state index contributed by atoms with van der Waals surface area (Å²) in [6, 6.07) is 7.89. The predicted octanol–water partition coefficient (Wildman–Crippen LogP) is 2.58. The summed E-state index contributed by atoms with van der Waals surface area (Å²) in [4.78, 5) is 14.3. The zero-order valence-corrected chi connectivity index (χ0v) is 15.2. The number of carbonyl (C=O) groups is 1. The van der Waals surface area contributed by atoms with Gasteiger partial charge in [0.05, 0.1) is 6.54 Å². The number of benzene rings is 1. The number of carbonyl (C=O) groups excluding carboxylic acids is 1. The van der Waals surface area contributed by atoms with E-state index in [2.05, 4.69) is 38.1 Å². The molecule has 4 nitrogen and oxygen atoms in total. The summed E-state index contributed by atoms with van der Waals surface area (Å²) in [6.07, 6.45) is 2.36. The summed E-state index contributed by atoms with van der Waals surface area (Å²) in [7, 11) is 2.00. The molecule has 1 amide bonds. The quantitative estimate of drug-likeness (QED) is 0.716. The summed E-state index contributed by atoms with van der Waals surface area (Å²) in [5.41, 5.74) is 0.881. The van der Waals surface area contributed by atoms with Gasteiger partial charge in [0.25, 0.3) is 0 Å². The van der Waals surface area contributed by atoms with Crippen LogP contribution in [0.2, 0.25) is 0 Å². The lowest BCUT2D eigenvalue weighted by Crippen LogP contribution is -2.40. The fraction of sp³-hybridized carbons (Fsp3) is 0.533. The molecule has 1 aromatic carbocycles. The topological polar surface area (TPSA) is 44.4 Å². The van der Waals surface area contributed by atoms with E-state index in [1.165, 1.54) is 12.8 Å². The highest BCUT2D eigenvalue weighted by atomic mass is 127. The lowest BCUT2D eigenvalue weighted by molar-refractivity contribution is -0.117. The smallest absolute Gasteiger partial charge is 0.238 e. The number of nitrogens with zero attached hydrogens (tertiary/aromatic N) is 1. The van der Waals surface area contributed by atoms with E-state index >= 15 is 0 Å². The minimum Gasteiger partial charge on any atom is -0.325 e. The number of hydrogen-bond donors (Lipinski definition) is 2. The fourth-order valence-corrected chi connectivity index (χ4v) is 3.15. The molecular weight excluding hydrogens is 401 g/mol. The largest absolute Gasteiger partial charge is 0.325 e. The van der Waals surface area contributed by atoms with Crippen LogP contribution in [-0.2, 0) is 4.79 Å². The van der Waals surface area contributed by atoms with Crippen LogP contribution in [-0.4, -0.2) is 44.0 Å². The van der Waals surface area contributed by atoms with Crippen LogP contribution in [0.1, 0.15) is 12.8 Å². The standard InChI is InChI=1S/C15H22IN3O.ClH/c1-17-10-12-5-7-19(8-6-12)11-15(20)18-14-4-2-3-13(16)9-14;/h2-4,9,12,17H,5-8,10-11H2,1H3,(H,18,20);1H. The molecule has 21 heavy (non-hydrogen) atoms. The van der Waals surface area contributed by atoms with Crippen LogP contribution in [0.3, 0.4) is 0 Å². The second-order valence-corrected chi connectivity index (χ2v) is 6.58. The average molecular weight is 424 g/mol. The van der Waals surface area contributed by atoms with Crippen molar-refractivity contribution in [1.82, 2.24) is 10.2 Å². The number of piperidine rings is 1. The van der Waals surface area contributed by atoms with Crippen molar-refractivity contribution >= 4 is 46.6 Å². The molecule has 0 atom stereocenters. The Bertz CT molecular complexity index is 450. The van der Waals surface area contributed by atoms with Crippen molar-refractivity contribution in [2.45, 2.75) is 12.8 Å². The summed E-state index contributed by atoms with van der Waals surface area (Å²) >= 11 is 2.25. The Kier molecular flexibility index (Phi) is 8.55. The summed E-state index contributed by atoms with van der Waals surface area (Å²) in [5, 5.41) is 6.20. The van der Waals surface area contributed by atoms with Crippen LogP contribution >= 0.6 is 35.0 Å². The molecule has 1 heterocycles. The number of rotatable bonds is 5. The van der Waals surface area contributed by atoms with E-state index in [0.29, 0.717) is 6.54 Å². The number of hydrogen-bond acceptors (Lipinski definition) is 3. The van der Waals surface area contributed by atoms with Gasteiger partial charge in [0.1, 0.15) is 0 Å². The zero-order chi connectivity index (χ0) is 14.4. The Morgan fingerprint density at radius 2 is 2.10 bits per heavy atom. The van der Waals surface area contributed by atoms with Gasteiger partial charge in [-0.3, -0.25) is 9.69 Å². The minimum atomic E-state index is 0. The van der Waals surface area contributed by atoms with E-state index in [4.69, 9.17) is 0 Å². The molecule has 0 saturated carbocycles. The molecule has 0 unspecified atom stereocenters. The van der Waals surface area contributed by atoms with E-state index in [9.17, 15) is 4.79 Å². The van der Waals surface area contributed by atoms with Crippen LogP contribution < -0.4 is 10.6 Å². The molecule has 118 valence electrons. The molecule has 0 radical (unpaired) electrons. The molecule has 1 fully saturated rings. The number of anilines is 1. The lowest BCUT2D eigenvalue weighted by Gasteiger charge is -2.31. The monoisotopic (exact) mass is 423 g/mol. The predicted molar refractivity (Wildman–Crippen MR) is 98.1 cm³/mol. The van der Waals surface area contributed by atoms with E-state index in [-0.39, 0.29) is 18.3 Å². The Labute approximate surface area is 146 Å². The van der Waals surface area contributed by atoms with Crippen molar-refractivity contribution in [2.24, 2.45) is 5.92 Å². The normalized spacial score (nSPS) is 16.3. The first-order valence-corrected chi connectivity index (χ1v) is 8.17. The third-order valence-electron chi connectivity index (χ3n) is 3.68. The van der Waals surface area contributed by atoms with Crippen LogP contribution in [0.25, 0.3) is 0 Å². The van der Waals surface area contributed by atoms with Crippen molar-refractivity contribution in [3.05, 3.63) is 27.8 Å². The maximum Gasteiger partial charge on any atom is 0.238 e. The minimum absolute atomic E-state index is 0. The fourth-order valence-electron chi connectivity index (χ4n) is 2.61. The maximum absolute atomic E-state index is 12.0. The number of halogens is 2. The molecular formula is C15H23ClIN3O. The molecule has 2 rings (SSSR count). The Morgan fingerprint density at radius 1 is 1.38 bits per heavy atom. The highest BCUT2D eigenvalue weighted by Crippen LogP contribution is 2.16. The summed E-state index contributed by atoms with van der Waals surface area (Å²) in [6.45, 7) is 3.62. The third kappa shape index (κ3) is 6.50. The molecule has 0 bridgehead atoms. The van der Waals surface area contributed by atoms with Gasteiger partial charge in [-0.1, -0.05) is 6.07 Å². The van der Waals surface area contributed by atoms with E-state index in [1.807, 2.05) is 31.3 Å². The first-order valence-electron chi connectivity index (χ1n) is 7.10. The number of likely N-dealkylation sites (tertiary alicyclic amines) is 1. The van der Waals surface area contributed by atoms with Crippen molar-refractivity contribution in [2.75, 3.05) is 38.5 Å². The van der Waals surface area contributed by atoms with Crippen molar-refractivity contribution in [3.63, 3.8) is 0 Å². The van der Waals surface area contributed by atoms with Crippen LogP contribution in [0.4, 0.5) is 5.69 Å². The van der Waals surface area contributed by atoms with Crippen molar-refractivity contribution in [3.8, 4) is 0 Å². The maximum atomic E-state index is 12.0. The van der Waals surface area contributed by atoms with Gasteiger partial charge in [-0.25, -0.2) is 0 Å². The Balaban J connectivity index is 0.00000220. The molecule has 6 heteroatoms. The molecule has 1 aliphatic rings. The highest BCUT2D eigenvalue weighted by Gasteiger charge is 2.20. The highest BCUT2D eigenvalue weighted by molar-refractivity contribution is 14.1. The second kappa shape index (κ2) is 9.61. The molecule has 1 aliphatic heterocycles. The van der Waals surface area contributed by atoms with Gasteiger partial charge >= 0.3 is 0 Å². The molecule has 0 aliphatic carbocycles. The van der Waals surface area contributed by atoms with Gasteiger partial charge in [-0.2, -0.15) is 0 Å². The van der Waals surface area contributed by atoms with Gasteiger partial charge < -0.3 is 10.6 Å². The van der Waals surface area contributed by atoms with E-state index in [0.717, 1.165) is 34.8 Å². The Morgan fingerprint density at radius 3 is 2.71 bits per heavy atom. The van der Waals surface area contributed by atoms with Crippen LogP contribution in [0.5, 0.6) is 0 Å². The number of nitrogens with one attached hydrogen (secondary N) is 2. The lowest BCUT2D eigenvalue weighted by atomic mass is 9.97. The van der Waals surface area contributed by atoms with Crippen LogP contribution in [0, 0.1) is 9.49 Å². The van der Waals surface area contributed by atoms with E-state index < -0.39 is 0 Å². The Hall–Kier alpha value is -0.370. The second-order valence-electron chi connectivity index (χ2n) is 5.34. The summed E-state index contributed by atoms with van der Waals surface area (Å²) < 4.78 is 1.13. The molecule has 1 saturated heterocycles. The molecule has 0 aromatic heterocycles. The third-order valence-corrected chi connectivity index (χ3v) is 4.35. The van der Waals surface area contributed by atoms with E-state index in [1.54, 1.807) is 0 Å². The molecule has 0 spiro atoms. The SMILES string of the molecule is CNCC1CCN(CC(=O)Nc2cccc(I)c2)CC1.Cl. The summed E-state index contributed by atoms with van der Waals surface area (Å²) in [5.74, 6) is 0.842. The van der Waals surface area contributed by atoms with Crippen molar-refractivity contribution in [1.29, 1.82) is 0 Å². The van der Waals surface area contributed by atoms with Gasteiger partial charge in [0.2, 0.25) is 5.91 Å². The van der Waals surface area contributed by atoms with Crippen LogP contribution in [0.15, 0.2) is 24.3 Å². The number of amides is 1. The van der Waals surface area contributed by atoms with Crippen molar-refractivity contribution < 1.29 is 4.79 Å². The first kappa shape index (κ1) is 18.7. The average Bonchev–Trinajstić information content (AvgIpc) is 2.41. The van der Waals surface area contributed by atoms with Gasteiger partial charge in [-0.15, -0.1) is 12.4 Å².